The van der Waals surface area contributed by atoms with Crippen molar-refractivity contribution in [1.29, 1.82) is 0 Å². The van der Waals surface area contributed by atoms with E-state index in [4.69, 9.17) is 32.7 Å². The second kappa shape index (κ2) is 8.97. The predicted molar refractivity (Wildman–Crippen MR) is 111 cm³/mol. The van der Waals surface area contributed by atoms with Crippen molar-refractivity contribution in [2.75, 3.05) is 17.7 Å². The summed E-state index contributed by atoms with van der Waals surface area (Å²) in [6.07, 6.45) is 0. The molecule has 28 heavy (non-hydrogen) atoms. The average molecular weight is 437 g/mol. The van der Waals surface area contributed by atoms with Crippen LogP contribution >= 0.6 is 34.5 Å². The molecule has 9 heteroatoms. The first kappa shape index (κ1) is 20.0. The molecule has 0 aliphatic rings. The average Bonchev–Trinajstić information content (AvgIpc) is 3.13. The Bertz CT molecular complexity index is 1010. The molecule has 0 saturated heterocycles. The summed E-state index contributed by atoms with van der Waals surface area (Å²) in [5.74, 6) is 0.133. The van der Waals surface area contributed by atoms with E-state index in [1.807, 2.05) is 0 Å². The van der Waals surface area contributed by atoms with Crippen molar-refractivity contribution in [1.82, 2.24) is 0 Å². The van der Waals surface area contributed by atoms with Gasteiger partial charge in [0.2, 0.25) is 0 Å². The Kier molecular flexibility index (Phi) is 6.41. The molecule has 2 aromatic carbocycles. The highest BCUT2D eigenvalue weighted by Crippen LogP contribution is 2.36. The van der Waals surface area contributed by atoms with Gasteiger partial charge in [-0.25, -0.2) is 9.59 Å². The monoisotopic (exact) mass is 436 g/mol. The van der Waals surface area contributed by atoms with Crippen LogP contribution in [0.4, 0.5) is 16.2 Å². The number of benzene rings is 2. The van der Waals surface area contributed by atoms with Crippen LogP contribution in [0, 0.1) is 0 Å². The maximum atomic E-state index is 12.3. The zero-order chi connectivity index (χ0) is 20.1. The van der Waals surface area contributed by atoms with Crippen LogP contribution in [0.2, 0.25) is 10.0 Å². The molecule has 6 nitrogen and oxygen atoms in total. The fourth-order valence-electron chi connectivity index (χ4n) is 2.24. The van der Waals surface area contributed by atoms with Gasteiger partial charge in [-0.1, -0.05) is 23.2 Å². The Morgan fingerprint density at radius 1 is 0.929 bits per heavy atom. The van der Waals surface area contributed by atoms with Gasteiger partial charge in [0.25, 0.3) is 0 Å². The van der Waals surface area contributed by atoms with E-state index >= 15 is 0 Å². The summed E-state index contributed by atoms with van der Waals surface area (Å²) >= 11 is 13.1. The van der Waals surface area contributed by atoms with Gasteiger partial charge in [-0.2, -0.15) is 0 Å². The minimum atomic E-state index is -0.506. The predicted octanol–water partition coefficient (Wildman–Crippen LogP) is 6.28. The zero-order valence-electron chi connectivity index (χ0n) is 14.5. The third kappa shape index (κ3) is 4.95. The first-order valence-corrected chi connectivity index (χ1v) is 9.56. The standard InChI is InChI=1S/C19H14Cl2N2O4S/c1-26-18(24)17-16(8-9-28-17)27-15-7-4-12(21)10-14(15)23-19(25)22-13-5-2-11(20)3-6-13/h2-10H,1H3,(H2,22,23,25). The molecular weight excluding hydrogens is 423 g/mol. The Morgan fingerprint density at radius 2 is 1.64 bits per heavy atom. The molecule has 0 radical (unpaired) electrons. The van der Waals surface area contributed by atoms with E-state index in [1.54, 1.807) is 53.9 Å². The lowest BCUT2D eigenvalue weighted by molar-refractivity contribution is 0.0603. The normalized spacial score (nSPS) is 10.2. The Balaban J connectivity index is 1.79. The van der Waals surface area contributed by atoms with Crippen molar-refractivity contribution in [2.45, 2.75) is 0 Å². The van der Waals surface area contributed by atoms with Crippen molar-refractivity contribution >= 4 is 57.9 Å². The number of hydrogen-bond donors (Lipinski definition) is 2. The van der Waals surface area contributed by atoms with Crippen LogP contribution in [-0.2, 0) is 4.74 Å². The maximum absolute atomic E-state index is 12.3. The quantitative estimate of drug-likeness (QED) is 0.461. The van der Waals surface area contributed by atoms with Gasteiger partial charge >= 0.3 is 12.0 Å². The molecule has 2 amide bonds. The number of carbonyl (C=O) groups excluding carboxylic acids is 2. The molecule has 0 bridgehead atoms. The van der Waals surface area contributed by atoms with E-state index < -0.39 is 12.0 Å². The molecule has 0 unspecified atom stereocenters. The van der Waals surface area contributed by atoms with E-state index in [2.05, 4.69) is 10.6 Å². The summed E-state index contributed by atoms with van der Waals surface area (Å²) in [5, 5.41) is 8.05. The van der Waals surface area contributed by atoms with E-state index in [1.165, 1.54) is 18.4 Å². The Labute approximate surface area is 175 Å². The first-order chi connectivity index (χ1) is 13.5. The minimum absolute atomic E-state index is 0.314. The molecule has 2 N–H and O–H groups in total. The van der Waals surface area contributed by atoms with Gasteiger partial charge in [-0.05, 0) is 53.9 Å². The molecule has 0 aliphatic heterocycles. The number of urea groups is 1. The number of ether oxygens (including phenoxy) is 2. The number of halogens is 2. The van der Waals surface area contributed by atoms with Gasteiger partial charge < -0.3 is 20.1 Å². The SMILES string of the molecule is COC(=O)c1sccc1Oc1ccc(Cl)cc1NC(=O)Nc1ccc(Cl)cc1. The summed E-state index contributed by atoms with van der Waals surface area (Å²) in [7, 11) is 1.29. The topological polar surface area (TPSA) is 76.7 Å². The number of methoxy groups -OCH3 is 1. The lowest BCUT2D eigenvalue weighted by Crippen LogP contribution is -2.19. The maximum Gasteiger partial charge on any atom is 0.351 e. The van der Waals surface area contributed by atoms with Gasteiger partial charge in [0, 0.05) is 15.7 Å². The summed E-state index contributed by atoms with van der Waals surface area (Å²) in [6.45, 7) is 0. The fourth-order valence-corrected chi connectivity index (χ4v) is 3.28. The molecule has 3 rings (SSSR count). The van der Waals surface area contributed by atoms with Gasteiger partial charge in [-0.15, -0.1) is 11.3 Å². The van der Waals surface area contributed by atoms with E-state index in [-0.39, 0.29) is 0 Å². The largest absolute Gasteiger partial charge is 0.465 e. The number of nitrogens with one attached hydrogen (secondary N) is 2. The lowest BCUT2D eigenvalue weighted by Gasteiger charge is -2.13. The summed E-state index contributed by atoms with van der Waals surface area (Å²) in [4.78, 5) is 24.5. The number of esters is 1. The minimum Gasteiger partial charge on any atom is -0.465 e. The third-order valence-electron chi connectivity index (χ3n) is 3.51. The van der Waals surface area contributed by atoms with Crippen molar-refractivity contribution in [3.8, 4) is 11.5 Å². The van der Waals surface area contributed by atoms with Crippen LogP contribution in [0.15, 0.2) is 53.9 Å². The van der Waals surface area contributed by atoms with Crippen LogP contribution in [0.3, 0.4) is 0 Å². The van der Waals surface area contributed by atoms with Crippen LogP contribution in [0.5, 0.6) is 11.5 Å². The number of rotatable bonds is 5. The summed E-state index contributed by atoms with van der Waals surface area (Å²) in [5.41, 5.74) is 0.901. The molecule has 0 atom stereocenters. The molecule has 0 spiro atoms. The van der Waals surface area contributed by atoms with Crippen molar-refractivity contribution < 1.29 is 19.1 Å². The zero-order valence-corrected chi connectivity index (χ0v) is 16.8. The fraction of sp³-hybridized carbons (Fsp3) is 0.0526. The third-order valence-corrected chi connectivity index (χ3v) is 4.87. The van der Waals surface area contributed by atoms with Gasteiger partial charge in [0.05, 0.1) is 12.8 Å². The number of carbonyl (C=O) groups is 2. The van der Waals surface area contributed by atoms with Gasteiger partial charge in [-0.3, -0.25) is 0 Å². The number of thiophene rings is 1. The Hall–Kier alpha value is -2.74. The van der Waals surface area contributed by atoms with Crippen LogP contribution in [0.1, 0.15) is 9.67 Å². The molecule has 144 valence electrons. The van der Waals surface area contributed by atoms with Crippen molar-refractivity contribution in [2.24, 2.45) is 0 Å². The summed E-state index contributed by atoms with van der Waals surface area (Å²) < 4.78 is 10.6. The molecule has 3 aromatic rings. The first-order valence-electron chi connectivity index (χ1n) is 7.93. The van der Waals surface area contributed by atoms with E-state index in [9.17, 15) is 9.59 Å². The highest BCUT2D eigenvalue weighted by molar-refractivity contribution is 7.12. The number of amides is 2. The summed E-state index contributed by atoms with van der Waals surface area (Å²) in [6, 6.07) is 12.6. The second-order valence-corrected chi connectivity index (χ2v) is 7.22. The molecule has 1 heterocycles. The molecule has 0 aliphatic carbocycles. The van der Waals surface area contributed by atoms with E-state index in [0.717, 1.165) is 0 Å². The van der Waals surface area contributed by atoms with Crippen molar-refractivity contribution in [3.05, 3.63) is 68.8 Å². The number of hydrogen-bond acceptors (Lipinski definition) is 5. The van der Waals surface area contributed by atoms with Gasteiger partial charge in [0.1, 0.15) is 0 Å². The van der Waals surface area contributed by atoms with Crippen LogP contribution in [-0.4, -0.2) is 19.1 Å². The molecule has 0 fully saturated rings. The lowest BCUT2D eigenvalue weighted by atomic mass is 10.3. The smallest absolute Gasteiger partial charge is 0.351 e. The molecule has 0 saturated carbocycles. The Morgan fingerprint density at radius 3 is 2.36 bits per heavy atom. The second-order valence-electron chi connectivity index (χ2n) is 5.43. The highest BCUT2D eigenvalue weighted by Gasteiger charge is 2.17. The van der Waals surface area contributed by atoms with Gasteiger partial charge in [0.15, 0.2) is 16.4 Å². The van der Waals surface area contributed by atoms with E-state index in [0.29, 0.717) is 37.8 Å². The highest BCUT2D eigenvalue weighted by atomic mass is 35.5. The number of anilines is 2. The molecule has 1 aromatic heterocycles. The molecular formula is C19H14Cl2N2O4S. The van der Waals surface area contributed by atoms with Crippen LogP contribution < -0.4 is 15.4 Å². The van der Waals surface area contributed by atoms with Crippen LogP contribution in [0.25, 0.3) is 0 Å². The van der Waals surface area contributed by atoms with Crippen molar-refractivity contribution in [3.63, 3.8) is 0 Å².